The van der Waals surface area contributed by atoms with E-state index in [2.05, 4.69) is 15.0 Å². The van der Waals surface area contributed by atoms with Gasteiger partial charge in [-0.3, -0.25) is 0 Å². The van der Waals surface area contributed by atoms with Gasteiger partial charge in [0.1, 0.15) is 0 Å². The van der Waals surface area contributed by atoms with Gasteiger partial charge in [-0.15, -0.1) is 5.10 Å². The van der Waals surface area contributed by atoms with Crippen LogP contribution < -0.4 is 0 Å². The number of hydrogen-bond donors (Lipinski definition) is 1. The van der Waals surface area contributed by atoms with Crippen molar-refractivity contribution in [1.29, 1.82) is 0 Å². The minimum Gasteiger partial charge on any atom is -0.464 e. The number of esters is 1. The highest BCUT2D eigenvalue weighted by atomic mass is 16.5. The van der Waals surface area contributed by atoms with Crippen LogP contribution in [0.3, 0.4) is 0 Å². The molecule has 1 unspecified atom stereocenters. The van der Waals surface area contributed by atoms with Gasteiger partial charge in [0.25, 0.3) is 0 Å². The maximum atomic E-state index is 11.6. The van der Waals surface area contributed by atoms with Crippen LogP contribution in [-0.4, -0.2) is 66.2 Å². The van der Waals surface area contributed by atoms with Gasteiger partial charge >= 0.3 is 5.97 Å². The molecule has 8 nitrogen and oxygen atoms in total. The normalized spacial score (nSPS) is 12.7. The Labute approximate surface area is 124 Å². The Bertz CT molecular complexity index is 447. The summed E-state index contributed by atoms with van der Waals surface area (Å²) >= 11 is 0. The number of rotatable bonds is 9. The Hall–Kier alpha value is -1.51. The van der Waals surface area contributed by atoms with Crippen molar-refractivity contribution in [2.75, 3.05) is 34.0 Å². The Balaban J connectivity index is 2.70. The molecule has 0 aliphatic heterocycles. The smallest absolute Gasteiger partial charge is 0.360 e. The number of ether oxygens (including phenoxy) is 3. The summed E-state index contributed by atoms with van der Waals surface area (Å²) in [4.78, 5) is 11.6. The van der Waals surface area contributed by atoms with Crippen molar-refractivity contribution in [3.8, 4) is 0 Å². The van der Waals surface area contributed by atoms with Crippen LogP contribution >= 0.6 is 0 Å². The number of aliphatic hydroxyl groups is 1. The number of hydrogen-bond acceptors (Lipinski definition) is 7. The van der Waals surface area contributed by atoms with E-state index in [-0.39, 0.29) is 24.8 Å². The average molecular weight is 301 g/mol. The lowest BCUT2D eigenvalue weighted by Crippen LogP contribution is -2.25. The first-order chi connectivity index (χ1) is 10.0. The molecule has 1 aromatic heterocycles. The molecular formula is C13H23N3O5. The summed E-state index contributed by atoms with van der Waals surface area (Å²) in [5, 5.41) is 17.7. The second kappa shape index (κ2) is 8.71. The first kappa shape index (κ1) is 17.5. The van der Waals surface area contributed by atoms with Crippen LogP contribution in [0.2, 0.25) is 0 Å². The lowest BCUT2D eigenvalue weighted by atomic mass is 10.1. The van der Waals surface area contributed by atoms with Crippen LogP contribution in [-0.2, 0) is 20.8 Å². The predicted octanol–water partition coefficient (Wildman–Crippen LogP) is 0.212. The molecule has 8 heteroatoms. The zero-order chi connectivity index (χ0) is 15.8. The molecule has 0 bridgehead atoms. The summed E-state index contributed by atoms with van der Waals surface area (Å²) in [5.41, 5.74) is 0.817. The minimum absolute atomic E-state index is 0.0238. The summed E-state index contributed by atoms with van der Waals surface area (Å²) in [5.74, 6) is -0.508. The fraction of sp³-hybridized carbons (Fsp3) is 0.769. The summed E-state index contributed by atoms with van der Waals surface area (Å²) in [6.45, 7) is 5.08. The lowest BCUT2D eigenvalue weighted by molar-refractivity contribution is 0.00541. The van der Waals surface area contributed by atoms with E-state index < -0.39 is 12.1 Å². The Kier molecular flexibility index (Phi) is 7.27. The topological polar surface area (TPSA) is 95.7 Å². The third kappa shape index (κ3) is 5.07. The molecule has 0 spiro atoms. The van der Waals surface area contributed by atoms with Crippen molar-refractivity contribution in [3.63, 3.8) is 0 Å². The molecule has 1 N–H and O–H groups in total. The molecule has 1 heterocycles. The van der Waals surface area contributed by atoms with E-state index in [0.29, 0.717) is 18.9 Å². The van der Waals surface area contributed by atoms with Crippen molar-refractivity contribution >= 4 is 5.97 Å². The number of methoxy groups -OCH3 is 2. The highest BCUT2D eigenvalue weighted by Gasteiger charge is 2.23. The summed E-state index contributed by atoms with van der Waals surface area (Å²) < 4.78 is 16.3. The number of carbonyl (C=O) groups is 1. The molecule has 120 valence electrons. The van der Waals surface area contributed by atoms with Crippen LogP contribution in [0.1, 0.15) is 35.9 Å². The van der Waals surface area contributed by atoms with Crippen LogP contribution in [0.4, 0.5) is 0 Å². The second-order valence-corrected chi connectivity index (χ2v) is 4.87. The van der Waals surface area contributed by atoms with Crippen molar-refractivity contribution < 1.29 is 24.1 Å². The third-order valence-electron chi connectivity index (χ3n) is 2.82. The monoisotopic (exact) mass is 301 g/mol. The predicted molar refractivity (Wildman–Crippen MR) is 74.2 cm³/mol. The first-order valence-corrected chi connectivity index (χ1v) is 6.77. The highest BCUT2D eigenvalue weighted by Crippen LogP contribution is 2.18. The molecular weight excluding hydrogens is 278 g/mol. The summed E-state index contributed by atoms with van der Waals surface area (Å²) in [6, 6.07) is 0. The van der Waals surface area contributed by atoms with E-state index in [1.807, 2.05) is 13.8 Å². The molecule has 0 saturated carbocycles. The van der Waals surface area contributed by atoms with Gasteiger partial charge in [-0.2, -0.15) is 0 Å². The SMILES string of the molecule is COCCOCC(O)Cn1nnc(C(=O)OC)c1C(C)C. The van der Waals surface area contributed by atoms with Gasteiger partial charge in [0, 0.05) is 7.11 Å². The molecule has 0 fully saturated rings. The Morgan fingerprint density at radius 2 is 2.05 bits per heavy atom. The van der Waals surface area contributed by atoms with Gasteiger partial charge in [-0.25, -0.2) is 9.48 Å². The van der Waals surface area contributed by atoms with Crippen LogP contribution in [0.5, 0.6) is 0 Å². The lowest BCUT2D eigenvalue weighted by Gasteiger charge is -2.14. The molecule has 1 aromatic rings. The molecule has 21 heavy (non-hydrogen) atoms. The molecule has 0 amide bonds. The molecule has 0 aliphatic rings. The number of aliphatic hydroxyl groups excluding tert-OH is 1. The van der Waals surface area contributed by atoms with Gasteiger partial charge in [0.05, 0.1) is 45.3 Å². The minimum atomic E-state index is -0.744. The fourth-order valence-electron chi connectivity index (χ4n) is 1.88. The van der Waals surface area contributed by atoms with Gasteiger partial charge in [0.2, 0.25) is 0 Å². The second-order valence-electron chi connectivity index (χ2n) is 4.87. The first-order valence-electron chi connectivity index (χ1n) is 6.77. The van der Waals surface area contributed by atoms with E-state index in [0.717, 1.165) is 0 Å². The van der Waals surface area contributed by atoms with Crippen LogP contribution in [0.25, 0.3) is 0 Å². The zero-order valence-electron chi connectivity index (χ0n) is 12.9. The molecule has 1 rings (SSSR count). The molecule has 0 aliphatic carbocycles. The summed E-state index contributed by atoms with van der Waals surface area (Å²) in [7, 11) is 2.88. The van der Waals surface area contributed by atoms with E-state index in [9.17, 15) is 9.90 Å². The molecule has 0 aromatic carbocycles. The van der Waals surface area contributed by atoms with Gasteiger partial charge < -0.3 is 19.3 Å². The largest absolute Gasteiger partial charge is 0.464 e. The average Bonchev–Trinajstić information content (AvgIpc) is 2.86. The van der Waals surface area contributed by atoms with E-state index in [1.165, 1.54) is 11.8 Å². The maximum Gasteiger partial charge on any atom is 0.360 e. The number of carbonyl (C=O) groups excluding carboxylic acids is 1. The number of nitrogens with zero attached hydrogens (tertiary/aromatic N) is 3. The Morgan fingerprint density at radius 1 is 1.33 bits per heavy atom. The maximum absolute atomic E-state index is 11.6. The van der Waals surface area contributed by atoms with Crippen molar-refractivity contribution in [2.45, 2.75) is 32.4 Å². The molecule has 0 radical (unpaired) electrons. The third-order valence-corrected chi connectivity index (χ3v) is 2.82. The summed E-state index contributed by atoms with van der Waals surface area (Å²) in [6.07, 6.45) is -0.744. The fourth-order valence-corrected chi connectivity index (χ4v) is 1.88. The van der Waals surface area contributed by atoms with Gasteiger partial charge in [-0.05, 0) is 5.92 Å². The zero-order valence-corrected chi connectivity index (χ0v) is 12.9. The van der Waals surface area contributed by atoms with E-state index in [4.69, 9.17) is 9.47 Å². The van der Waals surface area contributed by atoms with Crippen molar-refractivity contribution in [3.05, 3.63) is 11.4 Å². The van der Waals surface area contributed by atoms with Crippen molar-refractivity contribution in [2.24, 2.45) is 0 Å². The Morgan fingerprint density at radius 3 is 2.62 bits per heavy atom. The van der Waals surface area contributed by atoms with Crippen LogP contribution in [0.15, 0.2) is 0 Å². The van der Waals surface area contributed by atoms with Gasteiger partial charge in [0.15, 0.2) is 5.69 Å². The van der Waals surface area contributed by atoms with E-state index in [1.54, 1.807) is 7.11 Å². The van der Waals surface area contributed by atoms with Gasteiger partial charge in [-0.1, -0.05) is 19.1 Å². The van der Waals surface area contributed by atoms with E-state index >= 15 is 0 Å². The van der Waals surface area contributed by atoms with Crippen molar-refractivity contribution in [1.82, 2.24) is 15.0 Å². The number of aromatic nitrogens is 3. The molecule has 0 saturated heterocycles. The standard InChI is InChI=1S/C13H23N3O5/c1-9(2)12-11(13(18)20-4)14-15-16(12)7-10(17)8-21-6-5-19-3/h9-10,17H,5-8H2,1-4H3. The highest BCUT2D eigenvalue weighted by molar-refractivity contribution is 5.88. The van der Waals surface area contributed by atoms with Crippen LogP contribution in [0, 0.1) is 0 Å². The quantitative estimate of drug-likeness (QED) is 0.514. The molecule has 1 atom stereocenters.